The molecule has 4 heteroatoms. The highest BCUT2D eigenvalue weighted by atomic mass is 16.5. The summed E-state index contributed by atoms with van der Waals surface area (Å²) >= 11 is 0. The van der Waals surface area contributed by atoms with Gasteiger partial charge in [0.25, 0.3) is 0 Å². The zero-order valence-corrected chi connectivity index (χ0v) is 12.9. The van der Waals surface area contributed by atoms with Gasteiger partial charge in [-0.3, -0.25) is 4.98 Å². The van der Waals surface area contributed by atoms with E-state index in [0.29, 0.717) is 12.1 Å². The molecule has 1 N–H and O–H groups in total. The van der Waals surface area contributed by atoms with E-state index in [4.69, 9.17) is 4.74 Å². The van der Waals surface area contributed by atoms with Gasteiger partial charge in [-0.1, -0.05) is 13.8 Å². The summed E-state index contributed by atoms with van der Waals surface area (Å²) in [7, 11) is 0. The van der Waals surface area contributed by atoms with E-state index in [1.807, 2.05) is 12.4 Å². The summed E-state index contributed by atoms with van der Waals surface area (Å²) in [6.45, 7) is 10.3. The fraction of sp³-hybridized carbons (Fsp3) is 0.688. The Morgan fingerprint density at radius 2 is 2.15 bits per heavy atom. The van der Waals surface area contributed by atoms with Gasteiger partial charge >= 0.3 is 0 Å². The SMILES string of the molecule is CCOC1CCN(c2cnccc2CNC(C)C)CC1. The van der Waals surface area contributed by atoms with Crippen LogP contribution in [0.15, 0.2) is 18.5 Å². The largest absolute Gasteiger partial charge is 0.378 e. The Balaban J connectivity index is 1.98. The maximum absolute atomic E-state index is 5.72. The smallest absolute Gasteiger partial charge is 0.0608 e. The lowest BCUT2D eigenvalue weighted by molar-refractivity contribution is 0.0459. The van der Waals surface area contributed by atoms with E-state index in [0.717, 1.165) is 39.1 Å². The number of aromatic nitrogens is 1. The van der Waals surface area contributed by atoms with Gasteiger partial charge in [0.2, 0.25) is 0 Å². The van der Waals surface area contributed by atoms with Crippen LogP contribution in [0.25, 0.3) is 0 Å². The Hall–Kier alpha value is -1.13. The molecule has 0 radical (unpaired) electrons. The van der Waals surface area contributed by atoms with Gasteiger partial charge in [-0.2, -0.15) is 0 Å². The van der Waals surface area contributed by atoms with Crippen LogP contribution in [0.4, 0.5) is 5.69 Å². The molecule has 2 heterocycles. The monoisotopic (exact) mass is 277 g/mol. The predicted octanol–water partition coefficient (Wildman–Crippen LogP) is 2.58. The average molecular weight is 277 g/mol. The first-order valence-electron chi connectivity index (χ1n) is 7.73. The van der Waals surface area contributed by atoms with Crippen molar-refractivity contribution >= 4 is 5.69 Å². The molecule has 0 aliphatic carbocycles. The third kappa shape index (κ3) is 4.18. The third-order valence-corrected chi connectivity index (χ3v) is 3.77. The molecule has 0 unspecified atom stereocenters. The molecule has 1 aliphatic rings. The van der Waals surface area contributed by atoms with E-state index in [1.165, 1.54) is 11.3 Å². The fourth-order valence-corrected chi connectivity index (χ4v) is 2.66. The minimum Gasteiger partial charge on any atom is -0.378 e. The number of hydrogen-bond acceptors (Lipinski definition) is 4. The molecule has 1 aliphatic heterocycles. The molecule has 0 aromatic carbocycles. The number of rotatable bonds is 6. The number of ether oxygens (including phenoxy) is 1. The maximum Gasteiger partial charge on any atom is 0.0608 e. The van der Waals surface area contributed by atoms with Crippen molar-refractivity contribution in [2.24, 2.45) is 0 Å². The zero-order valence-electron chi connectivity index (χ0n) is 12.9. The van der Waals surface area contributed by atoms with E-state index in [-0.39, 0.29) is 0 Å². The van der Waals surface area contributed by atoms with Crippen LogP contribution >= 0.6 is 0 Å². The van der Waals surface area contributed by atoms with Crippen molar-refractivity contribution in [3.8, 4) is 0 Å². The summed E-state index contributed by atoms with van der Waals surface area (Å²) in [6, 6.07) is 2.62. The number of nitrogens with zero attached hydrogens (tertiary/aromatic N) is 2. The van der Waals surface area contributed by atoms with Gasteiger partial charge < -0.3 is 15.0 Å². The number of pyridine rings is 1. The Bertz CT molecular complexity index is 400. The van der Waals surface area contributed by atoms with Gasteiger partial charge in [0.1, 0.15) is 0 Å². The van der Waals surface area contributed by atoms with Gasteiger partial charge in [-0.15, -0.1) is 0 Å². The second kappa shape index (κ2) is 7.60. The molecule has 0 saturated carbocycles. The van der Waals surface area contributed by atoms with Crippen molar-refractivity contribution in [3.05, 3.63) is 24.0 Å². The second-order valence-electron chi connectivity index (χ2n) is 5.68. The van der Waals surface area contributed by atoms with Crippen LogP contribution in [0, 0.1) is 0 Å². The number of anilines is 1. The van der Waals surface area contributed by atoms with Crippen LogP contribution in [0.1, 0.15) is 39.2 Å². The topological polar surface area (TPSA) is 37.4 Å². The third-order valence-electron chi connectivity index (χ3n) is 3.77. The van der Waals surface area contributed by atoms with E-state index in [9.17, 15) is 0 Å². The average Bonchev–Trinajstić information content (AvgIpc) is 2.47. The molecule has 1 aromatic heterocycles. The predicted molar refractivity (Wildman–Crippen MR) is 83.1 cm³/mol. The molecule has 20 heavy (non-hydrogen) atoms. The minimum absolute atomic E-state index is 0.435. The van der Waals surface area contributed by atoms with Crippen LogP contribution in [-0.2, 0) is 11.3 Å². The zero-order chi connectivity index (χ0) is 14.4. The van der Waals surface area contributed by atoms with E-state index >= 15 is 0 Å². The summed E-state index contributed by atoms with van der Waals surface area (Å²) < 4.78 is 5.72. The molecular formula is C16H27N3O. The van der Waals surface area contributed by atoms with Crippen LogP contribution in [0.3, 0.4) is 0 Å². The summed E-state index contributed by atoms with van der Waals surface area (Å²) in [5.41, 5.74) is 2.61. The molecule has 0 amide bonds. The first-order valence-corrected chi connectivity index (χ1v) is 7.73. The Morgan fingerprint density at radius 3 is 2.80 bits per heavy atom. The standard InChI is InChI=1S/C16H27N3O/c1-4-20-15-6-9-19(10-7-15)16-12-17-8-5-14(16)11-18-13(2)3/h5,8,12-13,15,18H,4,6-7,9-11H2,1-3H3. The Morgan fingerprint density at radius 1 is 1.40 bits per heavy atom. The molecule has 0 spiro atoms. The maximum atomic E-state index is 5.72. The molecule has 0 bridgehead atoms. The van der Waals surface area contributed by atoms with Crippen molar-refractivity contribution in [1.82, 2.24) is 10.3 Å². The van der Waals surface area contributed by atoms with Gasteiger partial charge in [-0.05, 0) is 31.4 Å². The molecule has 1 saturated heterocycles. The first kappa shape index (κ1) is 15.3. The van der Waals surface area contributed by atoms with Crippen molar-refractivity contribution in [1.29, 1.82) is 0 Å². The Kier molecular flexibility index (Phi) is 5.80. The van der Waals surface area contributed by atoms with E-state index in [2.05, 4.69) is 42.0 Å². The van der Waals surface area contributed by atoms with Crippen LogP contribution in [0.2, 0.25) is 0 Å². The highest BCUT2D eigenvalue weighted by Gasteiger charge is 2.21. The van der Waals surface area contributed by atoms with Crippen molar-refractivity contribution in [2.75, 3.05) is 24.6 Å². The molecule has 0 atom stereocenters. The minimum atomic E-state index is 0.435. The lowest BCUT2D eigenvalue weighted by Crippen LogP contribution is -2.38. The highest BCUT2D eigenvalue weighted by molar-refractivity contribution is 5.52. The fourth-order valence-electron chi connectivity index (χ4n) is 2.66. The lowest BCUT2D eigenvalue weighted by atomic mass is 10.1. The second-order valence-corrected chi connectivity index (χ2v) is 5.68. The molecule has 112 valence electrons. The number of hydrogen-bond donors (Lipinski definition) is 1. The molecule has 1 fully saturated rings. The van der Waals surface area contributed by atoms with Gasteiger partial charge in [0, 0.05) is 38.5 Å². The van der Waals surface area contributed by atoms with Crippen LogP contribution in [0.5, 0.6) is 0 Å². The molecular weight excluding hydrogens is 250 g/mol. The quantitative estimate of drug-likeness (QED) is 0.867. The van der Waals surface area contributed by atoms with E-state index < -0.39 is 0 Å². The summed E-state index contributed by atoms with van der Waals surface area (Å²) in [6.07, 6.45) is 6.54. The molecule has 1 aromatic rings. The summed E-state index contributed by atoms with van der Waals surface area (Å²) in [5.74, 6) is 0. The van der Waals surface area contributed by atoms with Crippen molar-refractivity contribution in [3.63, 3.8) is 0 Å². The summed E-state index contributed by atoms with van der Waals surface area (Å²) in [4.78, 5) is 6.75. The lowest BCUT2D eigenvalue weighted by Gasteiger charge is -2.34. The Labute approximate surface area is 122 Å². The van der Waals surface area contributed by atoms with Crippen LogP contribution in [-0.4, -0.2) is 36.8 Å². The number of piperidine rings is 1. The van der Waals surface area contributed by atoms with Crippen LogP contribution < -0.4 is 10.2 Å². The van der Waals surface area contributed by atoms with Crippen molar-refractivity contribution in [2.45, 2.75) is 52.3 Å². The van der Waals surface area contributed by atoms with Gasteiger partial charge in [0.15, 0.2) is 0 Å². The van der Waals surface area contributed by atoms with E-state index in [1.54, 1.807) is 0 Å². The molecule has 4 nitrogen and oxygen atoms in total. The molecule has 2 rings (SSSR count). The van der Waals surface area contributed by atoms with Crippen molar-refractivity contribution < 1.29 is 4.74 Å². The van der Waals surface area contributed by atoms with Gasteiger partial charge in [0.05, 0.1) is 18.0 Å². The highest BCUT2D eigenvalue weighted by Crippen LogP contribution is 2.24. The van der Waals surface area contributed by atoms with Gasteiger partial charge in [-0.25, -0.2) is 0 Å². The normalized spacial score (nSPS) is 16.9. The summed E-state index contributed by atoms with van der Waals surface area (Å²) in [5, 5.41) is 3.49. The first-order chi connectivity index (χ1) is 9.70. The number of nitrogens with one attached hydrogen (secondary N) is 1.